The zero-order chi connectivity index (χ0) is 14.1. The molecule has 2 aromatic carbocycles. The Bertz CT molecular complexity index is 684. The summed E-state index contributed by atoms with van der Waals surface area (Å²) in [5.41, 5.74) is 4.98. The summed E-state index contributed by atoms with van der Waals surface area (Å²) < 4.78 is 0. The number of Topliss-reactive ketones (excluding diaryl/α,β-unsaturated/α-hetero) is 1. The van der Waals surface area contributed by atoms with E-state index in [1.165, 1.54) is 0 Å². The summed E-state index contributed by atoms with van der Waals surface area (Å²) in [7, 11) is 3.98. The maximum Gasteiger partial charge on any atom is 0.191 e. The Hall–Kier alpha value is -2.35. The monoisotopic (exact) mass is 263 g/mol. The van der Waals surface area contributed by atoms with Gasteiger partial charge in [0.25, 0.3) is 0 Å². The van der Waals surface area contributed by atoms with Gasteiger partial charge in [0, 0.05) is 31.7 Å². The van der Waals surface area contributed by atoms with Gasteiger partial charge >= 0.3 is 0 Å². The lowest BCUT2D eigenvalue weighted by atomic mass is 10.0. The molecule has 0 heterocycles. The fourth-order valence-electron chi connectivity index (χ4n) is 2.82. The van der Waals surface area contributed by atoms with Gasteiger partial charge in [0.2, 0.25) is 0 Å². The Morgan fingerprint density at radius 2 is 1.60 bits per heavy atom. The van der Waals surface area contributed by atoms with Crippen LogP contribution in [0.3, 0.4) is 0 Å². The molecule has 0 aromatic heterocycles. The summed E-state index contributed by atoms with van der Waals surface area (Å²) >= 11 is 0. The lowest BCUT2D eigenvalue weighted by molar-refractivity contribution is 0.103. The standard InChI is InChI=1S/C18H17NO/c1-19(2)17(13-8-4-3-5-9-13)16-12-14-10-6-7-11-15(14)18(16)20/h3-11H,12H2,1-2H3. The van der Waals surface area contributed by atoms with Crippen LogP contribution in [0, 0.1) is 0 Å². The van der Waals surface area contributed by atoms with Crippen LogP contribution in [0.25, 0.3) is 5.70 Å². The van der Waals surface area contributed by atoms with Gasteiger partial charge < -0.3 is 4.90 Å². The minimum Gasteiger partial charge on any atom is -0.377 e. The van der Waals surface area contributed by atoms with Crippen molar-refractivity contribution in [2.75, 3.05) is 14.1 Å². The smallest absolute Gasteiger partial charge is 0.191 e. The van der Waals surface area contributed by atoms with Gasteiger partial charge in [0.15, 0.2) is 5.78 Å². The van der Waals surface area contributed by atoms with Crippen LogP contribution in [-0.2, 0) is 6.42 Å². The van der Waals surface area contributed by atoms with Crippen molar-refractivity contribution in [3.8, 4) is 0 Å². The van der Waals surface area contributed by atoms with E-state index in [4.69, 9.17) is 0 Å². The predicted molar refractivity (Wildman–Crippen MR) is 81.5 cm³/mol. The average molecular weight is 263 g/mol. The number of hydrogen-bond donors (Lipinski definition) is 0. The van der Waals surface area contributed by atoms with Gasteiger partial charge in [-0.15, -0.1) is 0 Å². The first-order valence-corrected chi connectivity index (χ1v) is 6.77. The summed E-state index contributed by atoms with van der Waals surface area (Å²) in [6.45, 7) is 0. The van der Waals surface area contributed by atoms with Gasteiger partial charge in [-0.05, 0) is 11.1 Å². The molecule has 0 atom stereocenters. The van der Waals surface area contributed by atoms with E-state index in [9.17, 15) is 4.79 Å². The fraction of sp³-hybridized carbons (Fsp3) is 0.167. The van der Waals surface area contributed by atoms with Crippen LogP contribution in [0.5, 0.6) is 0 Å². The van der Waals surface area contributed by atoms with E-state index in [0.717, 1.165) is 34.4 Å². The highest BCUT2D eigenvalue weighted by Gasteiger charge is 2.28. The highest BCUT2D eigenvalue weighted by molar-refractivity contribution is 6.17. The molecule has 100 valence electrons. The van der Waals surface area contributed by atoms with E-state index in [0.29, 0.717) is 0 Å². The van der Waals surface area contributed by atoms with Crippen LogP contribution in [0.1, 0.15) is 21.5 Å². The number of ketones is 1. The third-order valence-electron chi connectivity index (χ3n) is 3.68. The van der Waals surface area contributed by atoms with E-state index >= 15 is 0 Å². The van der Waals surface area contributed by atoms with E-state index in [-0.39, 0.29) is 5.78 Å². The molecule has 0 amide bonds. The number of rotatable bonds is 2. The largest absolute Gasteiger partial charge is 0.377 e. The fourth-order valence-corrected chi connectivity index (χ4v) is 2.82. The minimum atomic E-state index is 0.160. The molecule has 0 unspecified atom stereocenters. The summed E-state index contributed by atoms with van der Waals surface area (Å²) in [4.78, 5) is 14.7. The Morgan fingerprint density at radius 1 is 0.950 bits per heavy atom. The van der Waals surface area contributed by atoms with Crippen molar-refractivity contribution >= 4 is 11.5 Å². The van der Waals surface area contributed by atoms with Crippen LogP contribution in [-0.4, -0.2) is 24.8 Å². The van der Waals surface area contributed by atoms with E-state index in [1.54, 1.807) is 0 Å². The predicted octanol–water partition coefficient (Wildman–Crippen LogP) is 3.40. The van der Waals surface area contributed by atoms with Crippen molar-refractivity contribution in [1.82, 2.24) is 4.90 Å². The molecule has 2 aromatic rings. The quantitative estimate of drug-likeness (QED) is 0.774. The molecular formula is C18H17NO. The lowest BCUT2D eigenvalue weighted by Gasteiger charge is -2.20. The molecule has 0 aliphatic heterocycles. The van der Waals surface area contributed by atoms with Crippen LogP contribution in [0.4, 0.5) is 0 Å². The number of nitrogens with zero attached hydrogens (tertiary/aromatic N) is 1. The Labute approximate surface area is 119 Å². The maximum atomic E-state index is 12.6. The molecular weight excluding hydrogens is 246 g/mol. The molecule has 0 saturated carbocycles. The number of hydrogen-bond acceptors (Lipinski definition) is 2. The van der Waals surface area contributed by atoms with Crippen LogP contribution >= 0.6 is 0 Å². The van der Waals surface area contributed by atoms with Gasteiger partial charge in [-0.3, -0.25) is 4.79 Å². The number of fused-ring (bicyclic) bond motifs is 1. The maximum absolute atomic E-state index is 12.6. The SMILES string of the molecule is CN(C)C(=C1Cc2ccccc2C1=O)c1ccccc1. The summed E-state index contributed by atoms with van der Waals surface area (Å²) in [6.07, 6.45) is 0.720. The number of carbonyl (C=O) groups excluding carboxylic acids is 1. The molecule has 0 fully saturated rings. The Kier molecular flexibility index (Phi) is 3.15. The molecule has 0 N–H and O–H groups in total. The highest BCUT2D eigenvalue weighted by atomic mass is 16.1. The van der Waals surface area contributed by atoms with Crippen molar-refractivity contribution in [3.05, 3.63) is 76.9 Å². The van der Waals surface area contributed by atoms with Gasteiger partial charge in [-0.1, -0.05) is 54.6 Å². The van der Waals surface area contributed by atoms with E-state index in [2.05, 4.69) is 12.1 Å². The Balaban J connectivity index is 2.16. The molecule has 0 radical (unpaired) electrons. The highest BCUT2D eigenvalue weighted by Crippen LogP contribution is 2.32. The second kappa shape index (κ2) is 4.97. The topological polar surface area (TPSA) is 20.3 Å². The normalized spacial score (nSPS) is 16.0. The van der Waals surface area contributed by atoms with E-state index < -0.39 is 0 Å². The summed E-state index contributed by atoms with van der Waals surface area (Å²) in [5.74, 6) is 0.160. The lowest BCUT2D eigenvalue weighted by Crippen LogP contribution is -2.15. The third-order valence-corrected chi connectivity index (χ3v) is 3.68. The van der Waals surface area contributed by atoms with Gasteiger partial charge in [-0.2, -0.15) is 0 Å². The molecule has 2 heteroatoms. The molecule has 2 nitrogen and oxygen atoms in total. The van der Waals surface area contributed by atoms with Crippen molar-refractivity contribution in [2.45, 2.75) is 6.42 Å². The van der Waals surface area contributed by atoms with E-state index in [1.807, 2.05) is 61.5 Å². The van der Waals surface area contributed by atoms with Crippen LogP contribution in [0.15, 0.2) is 60.2 Å². The van der Waals surface area contributed by atoms with Crippen molar-refractivity contribution < 1.29 is 4.79 Å². The zero-order valence-electron chi connectivity index (χ0n) is 11.8. The number of allylic oxidation sites excluding steroid dienone is 1. The summed E-state index contributed by atoms with van der Waals surface area (Å²) in [6, 6.07) is 18.0. The van der Waals surface area contributed by atoms with Crippen LogP contribution in [0.2, 0.25) is 0 Å². The average Bonchev–Trinajstić information content (AvgIpc) is 2.78. The minimum absolute atomic E-state index is 0.160. The van der Waals surface area contributed by atoms with Crippen molar-refractivity contribution in [2.24, 2.45) is 0 Å². The molecule has 20 heavy (non-hydrogen) atoms. The second-order valence-electron chi connectivity index (χ2n) is 5.25. The van der Waals surface area contributed by atoms with Crippen LogP contribution < -0.4 is 0 Å². The third kappa shape index (κ3) is 2.03. The molecule has 0 spiro atoms. The number of benzene rings is 2. The first kappa shape index (κ1) is 12.7. The van der Waals surface area contributed by atoms with Crippen molar-refractivity contribution in [3.63, 3.8) is 0 Å². The molecule has 0 bridgehead atoms. The van der Waals surface area contributed by atoms with Gasteiger partial charge in [-0.25, -0.2) is 0 Å². The molecule has 3 rings (SSSR count). The molecule has 1 aliphatic carbocycles. The molecule has 0 saturated heterocycles. The summed E-state index contributed by atoms with van der Waals surface area (Å²) in [5, 5.41) is 0. The Morgan fingerprint density at radius 3 is 2.25 bits per heavy atom. The first-order valence-electron chi connectivity index (χ1n) is 6.77. The van der Waals surface area contributed by atoms with Crippen molar-refractivity contribution in [1.29, 1.82) is 0 Å². The first-order chi connectivity index (χ1) is 9.68. The number of carbonyl (C=O) groups is 1. The second-order valence-corrected chi connectivity index (χ2v) is 5.25. The zero-order valence-corrected chi connectivity index (χ0v) is 11.8. The molecule has 1 aliphatic rings. The van der Waals surface area contributed by atoms with Gasteiger partial charge in [0.1, 0.15) is 0 Å². The van der Waals surface area contributed by atoms with Gasteiger partial charge in [0.05, 0.1) is 5.70 Å².